The van der Waals surface area contributed by atoms with Crippen LogP contribution in [-0.2, 0) is 0 Å². The highest BCUT2D eigenvalue weighted by Gasteiger charge is 2.20. The van der Waals surface area contributed by atoms with E-state index in [1.165, 1.54) is 12.8 Å². The fraction of sp³-hybridized carbons (Fsp3) is 0.417. The van der Waals surface area contributed by atoms with E-state index in [4.69, 9.17) is 0 Å². The molecule has 0 aromatic heterocycles. The van der Waals surface area contributed by atoms with Crippen LogP contribution in [0.3, 0.4) is 0 Å². The van der Waals surface area contributed by atoms with Gasteiger partial charge in [-0.1, -0.05) is 12.1 Å². The number of aromatic hydroxyl groups is 1. The SMILES string of the molecule is CC(=NCC1CC1)c1ccccc1O. The quantitative estimate of drug-likeness (QED) is 0.728. The van der Waals surface area contributed by atoms with Crippen molar-refractivity contribution in [3.8, 4) is 5.75 Å². The van der Waals surface area contributed by atoms with E-state index in [0.29, 0.717) is 5.75 Å². The fourth-order valence-electron chi connectivity index (χ4n) is 1.43. The van der Waals surface area contributed by atoms with E-state index < -0.39 is 0 Å². The molecule has 1 aliphatic rings. The third kappa shape index (κ3) is 2.13. The maximum absolute atomic E-state index is 9.58. The van der Waals surface area contributed by atoms with Crippen molar-refractivity contribution in [3.05, 3.63) is 29.8 Å². The second-order valence-corrected chi connectivity index (χ2v) is 3.89. The summed E-state index contributed by atoms with van der Waals surface area (Å²) in [5, 5.41) is 9.58. The molecule has 14 heavy (non-hydrogen) atoms. The Bertz CT molecular complexity index is 353. The van der Waals surface area contributed by atoms with E-state index in [1.54, 1.807) is 6.07 Å². The molecule has 1 aromatic carbocycles. The zero-order valence-electron chi connectivity index (χ0n) is 8.40. The van der Waals surface area contributed by atoms with Gasteiger partial charge in [0.15, 0.2) is 0 Å². The third-order valence-electron chi connectivity index (χ3n) is 2.58. The molecule has 0 spiro atoms. The first-order valence-electron chi connectivity index (χ1n) is 5.07. The highest BCUT2D eigenvalue weighted by molar-refractivity contribution is 6.00. The van der Waals surface area contributed by atoms with Crippen molar-refractivity contribution in [2.24, 2.45) is 10.9 Å². The number of phenolic OH excluding ortho intramolecular Hbond substituents is 1. The molecule has 1 aliphatic carbocycles. The summed E-state index contributed by atoms with van der Waals surface area (Å²) in [5.41, 5.74) is 1.79. The van der Waals surface area contributed by atoms with Crippen molar-refractivity contribution in [1.82, 2.24) is 0 Å². The van der Waals surface area contributed by atoms with Crippen molar-refractivity contribution in [2.75, 3.05) is 6.54 Å². The summed E-state index contributed by atoms with van der Waals surface area (Å²) in [6.45, 7) is 2.87. The Morgan fingerprint density at radius 2 is 2.14 bits per heavy atom. The third-order valence-corrected chi connectivity index (χ3v) is 2.58. The number of hydrogen-bond donors (Lipinski definition) is 1. The van der Waals surface area contributed by atoms with Gasteiger partial charge in [0.25, 0.3) is 0 Å². The lowest BCUT2D eigenvalue weighted by Crippen LogP contribution is -1.97. The minimum Gasteiger partial charge on any atom is -0.507 e. The largest absolute Gasteiger partial charge is 0.507 e. The Hall–Kier alpha value is -1.31. The molecular formula is C12H15NO. The highest BCUT2D eigenvalue weighted by atomic mass is 16.3. The molecule has 0 radical (unpaired) electrons. The first-order chi connectivity index (χ1) is 6.77. The summed E-state index contributed by atoms with van der Waals surface area (Å²) >= 11 is 0. The number of para-hydroxylation sites is 1. The Morgan fingerprint density at radius 1 is 1.43 bits per heavy atom. The Morgan fingerprint density at radius 3 is 2.79 bits per heavy atom. The molecular weight excluding hydrogens is 174 g/mol. The van der Waals surface area contributed by atoms with E-state index in [0.717, 1.165) is 23.7 Å². The van der Waals surface area contributed by atoms with Gasteiger partial charge in [-0.2, -0.15) is 0 Å². The maximum Gasteiger partial charge on any atom is 0.124 e. The Balaban J connectivity index is 2.12. The summed E-state index contributed by atoms with van der Waals surface area (Å²) in [4.78, 5) is 4.47. The van der Waals surface area contributed by atoms with Gasteiger partial charge in [-0.15, -0.1) is 0 Å². The van der Waals surface area contributed by atoms with Crippen LogP contribution in [0.25, 0.3) is 0 Å². The summed E-state index contributed by atoms with van der Waals surface area (Å²) in [5.74, 6) is 1.13. The number of nitrogens with zero attached hydrogens (tertiary/aromatic N) is 1. The van der Waals surface area contributed by atoms with Gasteiger partial charge >= 0.3 is 0 Å². The number of aliphatic imine (C=N–C) groups is 1. The van der Waals surface area contributed by atoms with Crippen LogP contribution in [0.1, 0.15) is 25.3 Å². The molecule has 1 aromatic rings. The first-order valence-corrected chi connectivity index (χ1v) is 5.07. The molecule has 74 valence electrons. The van der Waals surface area contributed by atoms with Gasteiger partial charge in [0.2, 0.25) is 0 Å². The molecule has 0 bridgehead atoms. The summed E-state index contributed by atoms with van der Waals surface area (Å²) in [7, 11) is 0. The molecule has 1 N–H and O–H groups in total. The first kappa shape index (κ1) is 9.25. The van der Waals surface area contributed by atoms with Gasteiger partial charge in [0.1, 0.15) is 5.75 Å². The number of rotatable bonds is 3. The monoisotopic (exact) mass is 189 g/mol. The average molecular weight is 189 g/mol. The van der Waals surface area contributed by atoms with Gasteiger partial charge in [-0.3, -0.25) is 4.99 Å². The molecule has 0 aliphatic heterocycles. The minimum atomic E-state index is 0.324. The van der Waals surface area contributed by atoms with Crippen LogP contribution in [0.15, 0.2) is 29.3 Å². The molecule has 2 heteroatoms. The lowest BCUT2D eigenvalue weighted by molar-refractivity contribution is 0.474. The van der Waals surface area contributed by atoms with Crippen LogP contribution in [0.2, 0.25) is 0 Å². The number of phenols is 1. The van der Waals surface area contributed by atoms with Gasteiger partial charge in [-0.05, 0) is 37.8 Å². The van der Waals surface area contributed by atoms with E-state index in [1.807, 2.05) is 25.1 Å². The normalized spacial score (nSPS) is 17.1. The van der Waals surface area contributed by atoms with Crippen molar-refractivity contribution in [3.63, 3.8) is 0 Å². The smallest absolute Gasteiger partial charge is 0.124 e. The van der Waals surface area contributed by atoms with Crippen LogP contribution in [0.5, 0.6) is 5.75 Å². The standard InChI is InChI=1S/C12H15NO/c1-9(13-8-10-6-7-10)11-4-2-3-5-12(11)14/h2-5,10,14H,6-8H2,1H3. The fourth-order valence-corrected chi connectivity index (χ4v) is 1.43. The molecule has 1 fully saturated rings. The Kier molecular flexibility index (Phi) is 2.53. The molecule has 0 amide bonds. The van der Waals surface area contributed by atoms with E-state index >= 15 is 0 Å². The molecule has 2 nitrogen and oxygen atoms in total. The predicted octanol–water partition coefficient (Wildman–Crippen LogP) is 2.61. The second-order valence-electron chi connectivity index (χ2n) is 3.89. The van der Waals surface area contributed by atoms with Gasteiger partial charge in [0, 0.05) is 17.8 Å². The van der Waals surface area contributed by atoms with Crippen molar-refractivity contribution >= 4 is 5.71 Å². The topological polar surface area (TPSA) is 32.6 Å². The Labute approximate surface area is 84.3 Å². The molecule has 0 heterocycles. The van der Waals surface area contributed by atoms with Crippen molar-refractivity contribution < 1.29 is 5.11 Å². The summed E-state index contributed by atoms with van der Waals surface area (Å²) in [6, 6.07) is 7.35. The molecule has 0 saturated heterocycles. The van der Waals surface area contributed by atoms with E-state index in [-0.39, 0.29) is 0 Å². The summed E-state index contributed by atoms with van der Waals surface area (Å²) < 4.78 is 0. The van der Waals surface area contributed by atoms with Crippen LogP contribution in [-0.4, -0.2) is 17.4 Å². The number of benzene rings is 1. The highest BCUT2D eigenvalue weighted by Crippen LogP contribution is 2.29. The van der Waals surface area contributed by atoms with Gasteiger partial charge in [0.05, 0.1) is 0 Å². The van der Waals surface area contributed by atoms with E-state index in [2.05, 4.69) is 4.99 Å². The molecule has 0 unspecified atom stereocenters. The van der Waals surface area contributed by atoms with Crippen LogP contribution in [0.4, 0.5) is 0 Å². The van der Waals surface area contributed by atoms with Gasteiger partial charge in [-0.25, -0.2) is 0 Å². The van der Waals surface area contributed by atoms with Gasteiger partial charge < -0.3 is 5.11 Å². The van der Waals surface area contributed by atoms with Crippen molar-refractivity contribution in [1.29, 1.82) is 0 Å². The lowest BCUT2D eigenvalue weighted by Gasteiger charge is -2.03. The van der Waals surface area contributed by atoms with E-state index in [9.17, 15) is 5.11 Å². The van der Waals surface area contributed by atoms with Crippen LogP contribution >= 0.6 is 0 Å². The lowest BCUT2D eigenvalue weighted by atomic mass is 10.1. The zero-order chi connectivity index (χ0) is 9.97. The van der Waals surface area contributed by atoms with Crippen LogP contribution < -0.4 is 0 Å². The molecule has 0 atom stereocenters. The average Bonchev–Trinajstić information content (AvgIpc) is 2.98. The zero-order valence-corrected chi connectivity index (χ0v) is 8.40. The molecule has 2 rings (SSSR count). The minimum absolute atomic E-state index is 0.324. The molecule has 1 saturated carbocycles. The second kappa shape index (κ2) is 3.82. The van der Waals surface area contributed by atoms with Crippen LogP contribution in [0, 0.1) is 5.92 Å². The maximum atomic E-state index is 9.58. The van der Waals surface area contributed by atoms with Crippen molar-refractivity contribution in [2.45, 2.75) is 19.8 Å². The predicted molar refractivity (Wildman–Crippen MR) is 57.9 cm³/mol. The summed E-state index contributed by atoms with van der Waals surface area (Å²) in [6.07, 6.45) is 2.63. The number of hydrogen-bond acceptors (Lipinski definition) is 2.